The summed E-state index contributed by atoms with van der Waals surface area (Å²) in [5, 5.41) is 3.47. The predicted octanol–water partition coefficient (Wildman–Crippen LogP) is 4.74. The SMILES string of the molecule is CCNC(C1=CCCCC1)c1cccc(F)c1Br. The fourth-order valence-electron chi connectivity index (χ4n) is 2.51. The van der Waals surface area contributed by atoms with Crippen LogP contribution in [0.3, 0.4) is 0 Å². The standard InChI is InChI=1S/C15H19BrFN/c1-2-18-15(11-7-4-3-5-8-11)12-9-6-10-13(17)14(12)16/h6-7,9-10,15,18H,2-5,8H2,1H3. The Morgan fingerprint density at radius 3 is 2.89 bits per heavy atom. The number of hydrogen-bond donors (Lipinski definition) is 1. The molecule has 0 radical (unpaired) electrons. The van der Waals surface area contributed by atoms with Crippen LogP contribution in [0.15, 0.2) is 34.3 Å². The lowest BCUT2D eigenvalue weighted by Gasteiger charge is -2.25. The van der Waals surface area contributed by atoms with Gasteiger partial charge in [-0.1, -0.05) is 30.7 Å². The zero-order valence-corrected chi connectivity index (χ0v) is 12.3. The van der Waals surface area contributed by atoms with Crippen molar-refractivity contribution in [3.63, 3.8) is 0 Å². The van der Waals surface area contributed by atoms with E-state index in [0.717, 1.165) is 24.9 Å². The minimum absolute atomic E-state index is 0.139. The number of rotatable bonds is 4. The number of benzene rings is 1. The molecule has 1 N–H and O–H groups in total. The summed E-state index contributed by atoms with van der Waals surface area (Å²) in [6, 6.07) is 5.41. The van der Waals surface area contributed by atoms with E-state index in [2.05, 4.69) is 34.2 Å². The first kappa shape index (κ1) is 13.8. The van der Waals surface area contributed by atoms with E-state index < -0.39 is 0 Å². The van der Waals surface area contributed by atoms with Crippen molar-refractivity contribution in [2.24, 2.45) is 0 Å². The maximum atomic E-state index is 13.7. The molecule has 0 heterocycles. The van der Waals surface area contributed by atoms with Crippen molar-refractivity contribution in [2.45, 2.75) is 38.6 Å². The van der Waals surface area contributed by atoms with Gasteiger partial charge in [0.2, 0.25) is 0 Å². The van der Waals surface area contributed by atoms with Crippen LogP contribution in [0, 0.1) is 5.82 Å². The minimum atomic E-state index is -0.188. The summed E-state index contributed by atoms with van der Waals surface area (Å²) >= 11 is 3.38. The zero-order valence-electron chi connectivity index (χ0n) is 10.7. The molecule has 0 saturated heterocycles. The van der Waals surface area contributed by atoms with Crippen LogP contribution in [-0.4, -0.2) is 6.54 Å². The summed E-state index contributed by atoms with van der Waals surface area (Å²) in [6.07, 6.45) is 7.08. The molecule has 1 aliphatic carbocycles. The molecule has 0 saturated carbocycles. The summed E-state index contributed by atoms with van der Waals surface area (Å²) in [5.74, 6) is -0.188. The highest BCUT2D eigenvalue weighted by Crippen LogP contribution is 2.34. The Morgan fingerprint density at radius 1 is 1.39 bits per heavy atom. The van der Waals surface area contributed by atoms with Gasteiger partial charge < -0.3 is 5.32 Å². The molecule has 1 aromatic carbocycles. The van der Waals surface area contributed by atoms with Crippen molar-refractivity contribution in [3.05, 3.63) is 45.7 Å². The highest BCUT2D eigenvalue weighted by molar-refractivity contribution is 9.10. The molecule has 98 valence electrons. The van der Waals surface area contributed by atoms with Gasteiger partial charge in [-0.3, -0.25) is 0 Å². The second-order valence-corrected chi connectivity index (χ2v) is 5.45. The van der Waals surface area contributed by atoms with Gasteiger partial charge in [-0.15, -0.1) is 0 Å². The molecular formula is C15H19BrFN. The molecule has 0 bridgehead atoms. The second-order valence-electron chi connectivity index (χ2n) is 4.66. The van der Waals surface area contributed by atoms with Crippen LogP contribution in [0.5, 0.6) is 0 Å². The smallest absolute Gasteiger partial charge is 0.137 e. The van der Waals surface area contributed by atoms with Crippen molar-refractivity contribution in [1.29, 1.82) is 0 Å². The van der Waals surface area contributed by atoms with E-state index in [1.165, 1.54) is 24.5 Å². The Hall–Kier alpha value is -0.670. The lowest BCUT2D eigenvalue weighted by molar-refractivity contribution is 0.554. The first-order valence-corrected chi connectivity index (χ1v) is 7.39. The first-order valence-electron chi connectivity index (χ1n) is 6.60. The van der Waals surface area contributed by atoms with Crippen molar-refractivity contribution in [2.75, 3.05) is 6.54 Å². The average Bonchev–Trinajstić information content (AvgIpc) is 2.41. The van der Waals surface area contributed by atoms with Gasteiger partial charge in [0.1, 0.15) is 5.82 Å². The van der Waals surface area contributed by atoms with E-state index in [9.17, 15) is 4.39 Å². The van der Waals surface area contributed by atoms with Gasteiger partial charge in [0, 0.05) is 0 Å². The number of nitrogens with one attached hydrogen (secondary N) is 1. The predicted molar refractivity (Wildman–Crippen MR) is 77.1 cm³/mol. The molecular weight excluding hydrogens is 293 g/mol. The molecule has 2 rings (SSSR count). The number of allylic oxidation sites excluding steroid dienone is 1. The maximum absolute atomic E-state index is 13.7. The van der Waals surface area contributed by atoms with E-state index in [4.69, 9.17) is 0 Å². The van der Waals surface area contributed by atoms with Crippen LogP contribution < -0.4 is 5.32 Å². The van der Waals surface area contributed by atoms with Crippen molar-refractivity contribution in [1.82, 2.24) is 5.32 Å². The highest BCUT2D eigenvalue weighted by atomic mass is 79.9. The van der Waals surface area contributed by atoms with Crippen molar-refractivity contribution >= 4 is 15.9 Å². The van der Waals surface area contributed by atoms with Crippen molar-refractivity contribution < 1.29 is 4.39 Å². The molecule has 1 aliphatic rings. The minimum Gasteiger partial charge on any atom is -0.307 e. The van der Waals surface area contributed by atoms with Crippen molar-refractivity contribution in [3.8, 4) is 0 Å². The van der Waals surface area contributed by atoms with Crippen LogP contribution in [0.4, 0.5) is 4.39 Å². The third-order valence-electron chi connectivity index (χ3n) is 3.40. The topological polar surface area (TPSA) is 12.0 Å². The molecule has 0 fully saturated rings. The van der Waals surface area contributed by atoms with Gasteiger partial charge in [-0.2, -0.15) is 0 Å². The summed E-state index contributed by atoms with van der Waals surface area (Å²) in [6.45, 7) is 2.97. The third kappa shape index (κ3) is 3.01. The van der Waals surface area contributed by atoms with Crippen LogP contribution in [0.2, 0.25) is 0 Å². The van der Waals surface area contributed by atoms with Gasteiger partial charge in [-0.05, 0) is 59.8 Å². The average molecular weight is 312 g/mol. The zero-order chi connectivity index (χ0) is 13.0. The monoisotopic (exact) mass is 311 g/mol. The first-order chi connectivity index (χ1) is 8.74. The molecule has 0 aliphatic heterocycles. The van der Waals surface area contributed by atoms with Gasteiger partial charge in [0.05, 0.1) is 10.5 Å². The van der Waals surface area contributed by atoms with E-state index in [-0.39, 0.29) is 11.9 Å². The third-order valence-corrected chi connectivity index (χ3v) is 4.23. The maximum Gasteiger partial charge on any atom is 0.137 e. The molecule has 0 amide bonds. The molecule has 1 atom stereocenters. The van der Waals surface area contributed by atoms with E-state index in [1.54, 1.807) is 6.07 Å². The summed E-state index contributed by atoms with van der Waals surface area (Å²) < 4.78 is 14.2. The van der Waals surface area contributed by atoms with E-state index in [0.29, 0.717) is 4.47 Å². The largest absolute Gasteiger partial charge is 0.307 e. The molecule has 3 heteroatoms. The van der Waals surface area contributed by atoms with Gasteiger partial charge in [0.15, 0.2) is 0 Å². The molecule has 1 nitrogen and oxygen atoms in total. The number of halogens is 2. The number of hydrogen-bond acceptors (Lipinski definition) is 1. The molecule has 18 heavy (non-hydrogen) atoms. The Kier molecular flexibility index (Phi) is 4.95. The Balaban J connectivity index is 2.34. The van der Waals surface area contributed by atoms with Gasteiger partial charge in [0.25, 0.3) is 0 Å². The van der Waals surface area contributed by atoms with Crippen LogP contribution >= 0.6 is 15.9 Å². The Labute approximate surface area is 117 Å². The molecule has 0 spiro atoms. The van der Waals surface area contributed by atoms with E-state index >= 15 is 0 Å². The molecule has 0 aromatic heterocycles. The highest BCUT2D eigenvalue weighted by Gasteiger charge is 2.20. The van der Waals surface area contributed by atoms with Crippen LogP contribution in [0.25, 0.3) is 0 Å². The number of likely N-dealkylation sites (N-methyl/N-ethyl adjacent to an activating group) is 1. The quantitative estimate of drug-likeness (QED) is 0.792. The molecule has 1 unspecified atom stereocenters. The fourth-order valence-corrected chi connectivity index (χ4v) is 3.01. The lowest BCUT2D eigenvalue weighted by atomic mass is 9.90. The summed E-state index contributed by atoms with van der Waals surface area (Å²) in [4.78, 5) is 0. The summed E-state index contributed by atoms with van der Waals surface area (Å²) in [7, 11) is 0. The van der Waals surface area contributed by atoms with Crippen LogP contribution in [-0.2, 0) is 0 Å². The Bertz CT molecular complexity index is 442. The summed E-state index contributed by atoms with van der Waals surface area (Å²) in [5.41, 5.74) is 2.40. The second kappa shape index (κ2) is 6.48. The lowest BCUT2D eigenvalue weighted by Crippen LogP contribution is -2.24. The fraction of sp³-hybridized carbons (Fsp3) is 0.467. The van der Waals surface area contributed by atoms with Gasteiger partial charge in [-0.25, -0.2) is 4.39 Å². The molecule has 1 aromatic rings. The van der Waals surface area contributed by atoms with Crippen LogP contribution in [0.1, 0.15) is 44.2 Å². The van der Waals surface area contributed by atoms with E-state index in [1.807, 2.05) is 6.07 Å². The van der Waals surface area contributed by atoms with Gasteiger partial charge >= 0.3 is 0 Å². The normalized spacial score (nSPS) is 17.4. The Morgan fingerprint density at radius 2 is 2.22 bits per heavy atom.